The van der Waals surface area contributed by atoms with Gasteiger partial charge < -0.3 is 9.84 Å². The minimum Gasteiger partial charge on any atom is -0.489 e. The Hall–Kier alpha value is -2.40. The Bertz CT molecular complexity index is 705. The normalized spacial score (nSPS) is 21.0. The number of pyridine rings is 1. The quantitative estimate of drug-likeness (QED) is 0.875. The summed E-state index contributed by atoms with van der Waals surface area (Å²) in [6.07, 6.45) is 4.30. The van der Waals surface area contributed by atoms with Crippen LogP contribution in [-0.2, 0) is 17.9 Å². The zero-order valence-electron chi connectivity index (χ0n) is 14.5. The summed E-state index contributed by atoms with van der Waals surface area (Å²) in [5, 5.41) is 9.35. The van der Waals surface area contributed by atoms with Crippen molar-refractivity contribution in [2.45, 2.75) is 26.5 Å². The second-order valence-electron chi connectivity index (χ2n) is 6.83. The van der Waals surface area contributed by atoms with E-state index in [9.17, 15) is 9.90 Å². The van der Waals surface area contributed by atoms with E-state index < -0.39 is 5.97 Å². The van der Waals surface area contributed by atoms with Crippen LogP contribution in [0, 0.1) is 11.8 Å². The zero-order valence-corrected chi connectivity index (χ0v) is 14.5. The first-order chi connectivity index (χ1) is 12.1. The van der Waals surface area contributed by atoms with E-state index in [-0.39, 0.29) is 5.92 Å². The number of hydrogen-bond donors (Lipinski definition) is 1. The first-order valence-corrected chi connectivity index (χ1v) is 8.66. The zero-order chi connectivity index (χ0) is 17.6. The van der Waals surface area contributed by atoms with Crippen molar-refractivity contribution in [2.75, 3.05) is 13.1 Å². The molecule has 0 radical (unpaired) electrons. The number of piperidine rings is 1. The number of nitrogens with zero attached hydrogens (tertiary/aromatic N) is 2. The van der Waals surface area contributed by atoms with Gasteiger partial charge in [0.05, 0.1) is 5.92 Å². The minimum atomic E-state index is -0.697. The smallest absolute Gasteiger partial charge is 0.307 e. The van der Waals surface area contributed by atoms with Gasteiger partial charge in [-0.15, -0.1) is 0 Å². The molecule has 1 aromatic carbocycles. The molecule has 0 aliphatic carbocycles. The fourth-order valence-corrected chi connectivity index (χ4v) is 3.43. The third-order valence-electron chi connectivity index (χ3n) is 4.57. The van der Waals surface area contributed by atoms with Gasteiger partial charge in [0.25, 0.3) is 0 Å². The number of para-hydroxylation sites is 1. The van der Waals surface area contributed by atoms with Crippen molar-refractivity contribution < 1.29 is 14.6 Å². The maximum Gasteiger partial charge on any atom is 0.307 e. The van der Waals surface area contributed by atoms with Crippen LogP contribution in [0.25, 0.3) is 0 Å². The Balaban J connectivity index is 1.67. The number of rotatable bonds is 6. The second-order valence-corrected chi connectivity index (χ2v) is 6.83. The fraction of sp³-hybridized carbons (Fsp3) is 0.400. The average molecular weight is 340 g/mol. The van der Waals surface area contributed by atoms with Crippen LogP contribution < -0.4 is 4.74 Å². The Labute approximate surface area is 148 Å². The molecule has 2 atom stereocenters. The minimum absolute atomic E-state index is 0.285. The number of likely N-dealkylation sites (tertiary alicyclic amines) is 1. The lowest BCUT2D eigenvalue weighted by atomic mass is 9.90. The molecule has 0 bridgehead atoms. The van der Waals surface area contributed by atoms with Crippen molar-refractivity contribution in [3.05, 3.63) is 59.9 Å². The Morgan fingerprint density at radius 1 is 1.28 bits per heavy atom. The van der Waals surface area contributed by atoms with Gasteiger partial charge in [-0.3, -0.25) is 14.7 Å². The highest BCUT2D eigenvalue weighted by Crippen LogP contribution is 2.26. The van der Waals surface area contributed by atoms with Crippen LogP contribution in [-0.4, -0.2) is 34.0 Å². The first-order valence-electron chi connectivity index (χ1n) is 8.66. The lowest BCUT2D eigenvalue weighted by molar-refractivity contribution is -0.144. The van der Waals surface area contributed by atoms with E-state index in [1.807, 2.05) is 36.4 Å². The number of carbonyl (C=O) groups is 1. The number of hydrogen-bond acceptors (Lipinski definition) is 4. The van der Waals surface area contributed by atoms with Gasteiger partial charge in [0, 0.05) is 43.2 Å². The lowest BCUT2D eigenvalue weighted by Crippen LogP contribution is -2.42. The molecule has 0 spiro atoms. The first kappa shape index (κ1) is 17.4. The lowest BCUT2D eigenvalue weighted by Gasteiger charge is -2.34. The van der Waals surface area contributed by atoms with Gasteiger partial charge in [0.1, 0.15) is 12.4 Å². The van der Waals surface area contributed by atoms with E-state index in [4.69, 9.17) is 4.74 Å². The SMILES string of the molecule is CC1CC(C(=O)O)CN(Cc2ccccc2OCc2cccnc2)C1. The standard InChI is InChI=1S/C20H24N2O3/c1-15-9-18(20(23)24)13-22(11-15)12-17-6-2-3-7-19(17)25-14-16-5-4-8-21-10-16/h2-8,10,15,18H,9,11-14H2,1H3,(H,23,24). The monoisotopic (exact) mass is 340 g/mol. The highest BCUT2D eigenvalue weighted by molar-refractivity contribution is 5.70. The number of aromatic nitrogens is 1. The van der Waals surface area contributed by atoms with Crippen molar-refractivity contribution in [2.24, 2.45) is 11.8 Å². The summed E-state index contributed by atoms with van der Waals surface area (Å²) in [6, 6.07) is 11.8. The van der Waals surface area contributed by atoms with Crippen LogP contribution >= 0.6 is 0 Å². The predicted octanol–water partition coefficient (Wildman–Crippen LogP) is 3.20. The maximum absolute atomic E-state index is 11.4. The Morgan fingerprint density at radius 3 is 2.88 bits per heavy atom. The summed E-state index contributed by atoms with van der Waals surface area (Å²) >= 11 is 0. The van der Waals surface area contributed by atoms with Gasteiger partial charge in [-0.1, -0.05) is 31.2 Å². The summed E-state index contributed by atoms with van der Waals surface area (Å²) < 4.78 is 5.98. The molecule has 132 valence electrons. The third kappa shape index (κ3) is 4.79. The van der Waals surface area contributed by atoms with E-state index in [0.29, 0.717) is 25.6 Å². The van der Waals surface area contributed by atoms with Gasteiger partial charge in [0.2, 0.25) is 0 Å². The molecule has 1 fully saturated rings. The van der Waals surface area contributed by atoms with Crippen LogP contribution in [0.1, 0.15) is 24.5 Å². The topological polar surface area (TPSA) is 62.7 Å². The van der Waals surface area contributed by atoms with Crippen molar-refractivity contribution in [3.8, 4) is 5.75 Å². The molecule has 1 N–H and O–H groups in total. The van der Waals surface area contributed by atoms with Gasteiger partial charge in [-0.05, 0) is 24.5 Å². The molecule has 2 heterocycles. The largest absolute Gasteiger partial charge is 0.489 e. The second kappa shape index (κ2) is 8.12. The van der Waals surface area contributed by atoms with Gasteiger partial charge >= 0.3 is 5.97 Å². The average Bonchev–Trinajstić information content (AvgIpc) is 2.61. The maximum atomic E-state index is 11.4. The number of carboxylic acids is 1. The summed E-state index contributed by atoms with van der Waals surface area (Å²) in [4.78, 5) is 17.7. The molecule has 1 aliphatic rings. The predicted molar refractivity (Wildman–Crippen MR) is 95.2 cm³/mol. The number of ether oxygens (including phenoxy) is 1. The fourth-order valence-electron chi connectivity index (χ4n) is 3.43. The molecule has 5 nitrogen and oxygen atoms in total. The molecule has 2 aromatic rings. The number of carboxylic acid groups (broad SMARTS) is 1. The van der Waals surface area contributed by atoms with E-state index in [1.54, 1.807) is 12.4 Å². The van der Waals surface area contributed by atoms with Crippen molar-refractivity contribution in [3.63, 3.8) is 0 Å². The molecule has 1 saturated heterocycles. The number of aliphatic carboxylic acids is 1. The van der Waals surface area contributed by atoms with Crippen LogP contribution in [0.4, 0.5) is 0 Å². The molecular formula is C20H24N2O3. The van der Waals surface area contributed by atoms with Gasteiger partial charge in [-0.25, -0.2) is 0 Å². The van der Waals surface area contributed by atoms with Crippen LogP contribution in [0.5, 0.6) is 5.75 Å². The molecule has 2 unspecified atom stereocenters. The van der Waals surface area contributed by atoms with E-state index >= 15 is 0 Å². The Kier molecular flexibility index (Phi) is 5.66. The molecule has 1 aliphatic heterocycles. The molecule has 0 amide bonds. The van der Waals surface area contributed by atoms with Gasteiger partial charge in [0.15, 0.2) is 0 Å². The van der Waals surface area contributed by atoms with Gasteiger partial charge in [-0.2, -0.15) is 0 Å². The van der Waals surface area contributed by atoms with Crippen LogP contribution in [0.2, 0.25) is 0 Å². The van der Waals surface area contributed by atoms with Crippen molar-refractivity contribution >= 4 is 5.97 Å². The third-order valence-corrected chi connectivity index (χ3v) is 4.57. The summed E-state index contributed by atoms with van der Waals surface area (Å²) in [5.74, 6) is 0.250. The summed E-state index contributed by atoms with van der Waals surface area (Å²) in [5.41, 5.74) is 2.11. The highest BCUT2D eigenvalue weighted by atomic mass is 16.5. The van der Waals surface area contributed by atoms with E-state index in [0.717, 1.165) is 29.8 Å². The molecule has 3 rings (SSSR count). The summed E-state index contributed by atoms with van der Waals surface area (Å²) in [7, 11) is 0. The number of benzene rings is 1. The molecule has 0 saturated carbocycles. The Morgan fingerprint density at radius 2 is 2.12 bits per heavy atom. The molecule has 25 heavy (non-hydrogen) atoms. The highest BCUT2D eigenvalue weighted by Gasteiger charge is 2.29. The van der Waals surface area contributed by atoms with Crippen molar-refractivity contribution in [1.29, 1.82) is 0 Å². The van der Waals surface area contributed by atoms with Crippen LogP contribution in [0.3, 0.4) is 0 Å². The van der Waals surface area contributed by atoms with Crippen molar-refractivity contribution in [1.82, 2.24) is 9.88 Å². The van der Waals surface area contributed by atoms with E-state index in [1.165, 1.54) is 0 Å². The molecule has 1 aromatic heterocycles. The summed E-state index contributed by atoms with van der Waals surface area (Å²) in [6.45, 7) is 4.81. The van der Waals surface area contributed by atoms with E-state index in [2.05, 4.69) is 16.8 Å². The molecule has 5 heteroatoms. The van der Waals surface area contributed by atoms with Crippen LogP contribution in [0.15, 0.2) is 48.8 Å². The molecular weight excluding hydrogens is 316 g/mol.